The van der Waals surface area contributed by atoms with Crippen LogP contribution in [0.1, 0.15) is 22.3 Å². The molecule has 34 heavy (non-hydrogen) atoms. The minimum Gasteiger partial charge on any atom is -0.378 e. The fourth-order valence-electron chi connectivity index (χ4n) is 4.12. The van der Waals surface area contributed by atoms with E-state index >= 15 is 0 Å². The van der Waals surface area contributed by atoms with Gasteiger partial charge in [-0.1, -0.05) is 35.9 Å². The summed E-state index contributed by atoms with van der Waals surface area (Å²) in [5.74, 6) is -1.01. The Balaban J connectivity index is 1.67. The first-order valence-corrected chi connectivity index (χ1v) is 11.2. The molecule has 2 amide bonds. The number of amides is 2. The lowest BCUT2D eigenvalue weighted by molar-refractivity contribution is -0.136. The van der Waals surface area contributed by atoms with Gasteiger partial charge in [-0.2, -0.15) is 0 Å². The van der Waals surface area contributed by atoms with Gasteiger partial charge < -0.3 is 10.2 Å². The third-order valence-electron chi connectivity index (χ3n) is 6.01. The van der Waals surface area contributed by atoms with E-state index in [4.69, 9.17) is 0 Å². The SMILES string of the molecule is Cc1ccc(C2=C(Nc3ccc(N(C)C)cc3)C(=O)N(CCc3ccc(F)cc3)C2=O)c(C)c1. The summed E-state index contributed by atoms with van der Waals surface area (Å²) in [5, 5.41) is 3.21. The second-order valence-electron chi connectivity index (χ2n) is 8.77. The molecular weight excluding hydrogens is 429 g/mol. The Morgan fingerprint density at radius 1 is 0.882 bits per heavy atom. The van der Waals surface area contributed by atoms with Crippen molar-refractivity contribution in [3.63, 3.8) is 0 Å². The maximum Gasteiger partial charge on any atom is 0.278 e. The number of nitrogens with zero attached hydrogens (tertiary/aromatic N) is 2. The third kappa shape index (κ3) is 4.71. The van der Waals surface area contributed by atoms with E-state index in [1.54, 1.807) is 12.1 Å². The van der Waals surface area contributed by atoms with Crippen LogP contribution >= 0.6 is 0 Å². The highest BCUT2D eigenvalue weighted by atomic mass is 19.1. The van der Waals surface area contributed by atoms with Crippen molar-refractivity contribution >= 4 is 28.8 Å². The minimum atomic E-state index is -0.362. The van der Waals surface area contributed by atoms with Crippen molar-refractivity contribution in [1.82, 2.24) is 4.90 Å². The maximum absolute atomic E-state index is 13.5. The third-order valence-corrected chi connectivity index (χ3v) is 6.01. The highest BCUT2D eigenvalue weighted by Crippen LogP contribution is 2.33. The fourth-order valence-corrected chi connectivity index (χ4v) is 4.12. The number of carbonyl (C=O) groups excluding carboxylic acids is 2. The Labute approximate surface area is 199 Å². The lowest BCUT2D eigenvalue weighted by Crippen LogP contribution is -2.34. The van der Waals surface area contributed by atoms with E-state index < -0.39 is 0 Å². The Bertz CT molecular complexity index is 1260. The summed E-state index contributed by atoms with van der Waals surface area (Å²) in [5.41, 5.74) is 6.01. The van der Waals surface area contributed by atoms with Gasteiger partial charge >= 0.3 is 0 Å². The zero-order valence-corrected chi connectivity index (χ0v) is 19.9. The first kappa shape index (κ1) is 23.2. The standard InChI is InChI=1S/C28H28FN3O2/c1-18-5-14-24(19(2)17-18)25-26(30-22-10-12-23(13-11-22)31(3)4)28(34)32(27(25)33)16-15-20-6-8-21(29)9-7-20/h5-14,17,30H,15-16H2,1-4H3. The van der Waals surface area contributed by atoms with Gasteiger partial charge in [0, 0.05) is 32.0 Å². The molecule has 174 valence electrons. The van der Waals surface area contributed by atoms with Gasteiger partial charge in [-0.15, -0.1) is 0 Å². The van der Waals surface area contributed by atoms with Crippen LogP contribution in [0.4, 0.5) is 15.8 Å². The van der Waals surface area contributed by atoms with E-state index in [2.05, 4.69) is 5.32 Å². The Morgan fingerprint density at radius 3 is 2.18 bits per heavy atom. The van der Waals surface area contributed by atoms with Crippen LogP contribution in [0.2, 0.25) is 0 Å². The summed E-state index contributed by atoms with van der Waals surface area (Å²) in [6, 6.07) is 19.6. The van der Waals surface area contributed by atoms with Gasteiger partial charge in [-0.3, -0.25) is 14.5 Å². The van der Waals surface area contributed by atoms with Gasteiger partial charge in [0.25, 0.3) is 11.8 Å². The number of aryl methyl sites for hydroxylation is 2. The number of nitrogens with one attached hydrogen (secondary N) is 1. The van der Waals surface area contributed by atoms with Gasteiger partial charge in [0.05, 0.1) is 5.57 Å². The van der Waals surface area contributed by atoms with Gasteiger partial charge in [0.15, 0.2) is 0 Å². The van der Waals surface area contributed by atoms with Crippen molar-refractivity contribution in [1.29, 1.82) is 0 Å². The van der Waals surface area contributed by atoms with Crippen molar-refractivity contribution in [2.45, 2.75) is 20.3 Å². The number of hydrogen-bond donors (Lipinski definition) is 1. The fraction of sp³-hybridized carbons (Fsp3) is 0.214. The van der Waals surface area contributed by atoms with Gasteiger partial charge in [-0.05, 0) is 73.4 Å². The van der Waals surface area contributed by atoms with E-state index in [0.29, 0.717) is 12.0 Å². The maximum atomic E-state index is 13.5. The lowest BCUT2D eigenvalue weighted by Gasteiger charge is -2.16. The average Bonchev–Trinajstić information content (AvgIpc) is 3.03. The summed E-state index contributed by atoms with van der Waals surface area (Å²) in [6.07, 6.45) is 0.447. The molecule has 3 aromatic rings. The highest BCUT2D eigenvalue weighted by Gasteiger charge is 2.39. The Hall–Kier alpha value is -3.93. The lowest BCUT2D eigenvalue weighted by atomic mass is 9.97. The molecule has 5 nitrogen and oxygen atoms in total. The number of halogens is 1. The van der Waals surface area contributed by atoms with Crippen LogP contribution in [-0.4, -0.2) is 37.4 Å². The summed E-state index contributed by atoms with van der Waals surface area (Å²) < 4.78 is 13.2. The summed E-state index contributed by atoms with van der Waals surface area (Å²) in [4.78, 5) is 30.2. The number of carbonyl (C=O) groups is 2. The molecule has 3 aromatic carbocycles. The number of anilines is 2. The summed E-state index contributed by atoms with van der Waals surface area (Å²) in [7, 11) is 3.92. The zero-order valence-electron chi connectivity index (χ0n) is 19.9. The molecule has 1 N–H and O–H groups in total. The molecule has 0 saturated carbocycles. The predicted octanol–water partition coefficient (Wildman–Crippen LogP) is 4.94. The molecule has 0 radical (unpaired) electrons. The van der Waals surface area contributed by atoms with Crippen LogP contribution in [-0.2, 0) is 16.0 Å². The number of hydrogen-bond acceptors (Lipinski definition) is 4. The molecule has 0 bridgehead atoms. The van der Waals surface area contributed by atoms with E-state index in [1.807, 2.05) is 75.3 Å². The molecular formula is C28H28FN3O2. The molecule has 4 rings (SSSR count). The van der Waals surface area contributed by atoms with E-state index in [1.165, 1.54) is 17.0 Å². The molecule has 6 heteroatoms. The van der Waals surface area contributed by atoms with Crippen molar-refractivity contribution in [2.24, 2.45) is 0 Å². The molecule has 0 fully saturated rings. The van der Waals surface area contributed by atoms with Crippen molar-refractivity contribution < 1.29 is 14.0 Å². The average molecular weight is 458 g/mol. The van der Waals surface area contributed by atoms with E-state index in [9.17, 15) is 14.0 Å². The largest absolute Gasteiger partial charge is 0.378 e. The number of benzene rings is 3. The molecule has 0 aliphatic carbocycles. The second-order valence-corrected chi connectivity index (χ2v) is 8.77. The van der Waals surface area contributed by atoms with Gasteiger partial charge in [0.1, 0.15) is 11.5 Å². The number of rotatable bonds is 7. The molecule has 0 spiro atoms. The first-order valence-electron chi connectivity index (χ1n) is 11.2. The van der Waals surface area contributed by atoms with E-state index in [0.717, 1.165) is 33.6 Å². The molecule has 1 heterocycles. The van der Waals surface area contributed by atoms with Crippen molar-refractivity contribution in [3.8, 4) is 0 Å². The van der Waals surface area contributed by atoms with Crippen LogP contribution in [0.5, 0.6) is 0 Å². The smallest absolute Gasteiger partial charge is 0.278 e. The van der Waals surface area contributed by atoms with Crippen LogP contribution in [0.3, 0.4) is 0 Å². The molecule has 1 aliphatic rings. The molecule has 0 aromatic heterocycles. The summed E-state index contributed by atoms with van der Waals surface area (Å²) >= 11 is 0. The quantitative estimate of drug-likeness (QED) is 0.511. The Morgan fingerprint density at radius 2 is 1.56 bits per heavy atom. The monoisotopic (exact) mass is 457 g/mol. The van der Waals surface area contributed by atoms with Crippen molar-refractivity contribution in [3.05, 3.63) is 100 Å². The molecule has 1 aliphatic heterocycles. The first-order chi connectivity index (χ1) is 16.2. The predicted molar refractivity (Wildman–Crippen MR) is 134 cm³/mol. The van der Waals surface area contributed by atoms with Crippen LogP contribution in [0.25, 0.3) is 5.57 Å². The molecule has 0 unspecified atom stereocenters. The zero-order chi connectivity index (χ0) is 24.4. The van der Waals surface area contributed by atoms with Gasteiger partial charge in [-0.25, -0.2) is 4.39 Å². The topological polar surface area (TPSA) is 52.7 Å². The molecule has 0 atom stereocenters. The van der Waals surface area contributed by atoms with Crippen LogP contribution < -0.4 is 10.2 Å². The normalized spacial score (nSPS) is 13.6. The second kappa shape index (κ2) is 9.51. The van der Waals surface area contributed by atoms with Crippen molar-refractivity contribution in [2.75, 3.05) is 30.9 Å². The minimum absolute atomic E-state index is 0.211. The van der Waals surface area contributed by atoms with Crippen LogP contribution in [0, 0.1) is 19.7 Å². The van der Waals surface area contributed by atoms with Crippen LogP contribution in [0.15, 0.2) is 72.4 Å². The number of imide groups is 1. The highest BCUT2D eigenvalue weighted by molar-refractivity contribution is 6.36. The Kier molecular flexibility index (Phi) is 6.50. The molecule has 0 saturated heterocycles. The summed E-state index contributed by atoms with van der Waals surface area (Å²) in [6.45, 7) is 4.15. The van der Waals surface area contributed by atoms with E-state index in [-0.39, 0.29) is 29.9 Å². The van der Waals surface area contributed by atoms with Gasteiger partial charge in [0.2, 0.25) is 0 Å².